The molecule has 7 nitrogen and oxygen atoms in total. The summed E-state index contributed by atoms with van der Waals surface area (Å²) in [6.45, 7) is 2.03. The monoisotopic (exact) mass is 389 g/mol. The fraction of sp³-hybridized carbons (Fsp3) is 0.579. The van der Waals surface area contributed by atoms with Crippen molar-refractivity contribution in [1.82, 2.24) is 4.90 Å². The van der Waals surface area contributed by atoms with Crippen LogP contribution in [0.3, 0.4) is 0 Å². The van der Waals surface area contributed by atoms with E-state index in [0.717, 1.165) is 32.1 Å². The predicted octanol–water partition coefficient (Wildman–Crippen LogP) is 3.32. The van der Waals surface area contributed by atoms with Gasteiger partial charge in [-0.05, 0) is 32.3 Å². The Kier molecular flexibility index (Phi) is 4.61. The van der Waals surface area contributed by atoms with Crippen molar-refractivity contribution in [2.45, 2.75) is 62.4 Å². The number of amides is 2. The molecule has 2 amide bonds. The summed E-state index contributed by atoms with van der Waals surface area (Å²) in [6, 6.07) is 5.84. The van der Waals surface area contributed by atoms with Gasteiger partial charge in [-0.1, -0.05) is 18.9 Å². The number of thioether (sulfide) groups is 1. The van der Waals surface area contributed by atoms with E-state index in [2.05, 4.69) is 0 Å². The van der Waals surface area contributed by atoms with E-state index in [1.807, 2.05) is 6.92 Å². The minimum Gasteiger partial charge on any atom is -0.315 e. The second-order valence-corrected chi connectivity index (χ2v) is 9.19. The van der Waals surface area contributed by atoms with E-state index >= 15 is 0 Å². The van der Waals surface area contributed by atoms with Crippen molar-refractivity contribution in [2.75, 3.05) is 10.7 Å². The number of nitrogens with zero attached hydrogens (tertiary/aromatic N) is 3. The van der Waals surface area contributed by atoms with Gasteiger partial charge < -0.3 is 9.80 Å². The van der Waals surface area contributed by atoms with Gasteiger partial charge in [0.05, 0.1) is 15.5 Å². The highest BCUT2D eigenvalue weighted by Crippen LogP contribution is 2.48. The van der Waals surface area contributed by atoms with E-state index in [-0.39, 0.29) is 28.4 Å². The molecule has 0 aromatic heterocycles. The molecule has 0 spiro atoms. The molecule has 0 unspecified atom stereocenters. The first-order valence-corrected chi connectivity index (χ1v) is 10.4. The lowest BCUT2D eigenvalue weighted by Gasteiger charge is -2.35. The molecule has 8 heteroatoms. The summed E-state index contributed by atoms with van der Waals surface area (Å²) in [7, 11) is 0. The second-order valence-electron chi connectivity index (χ2n) is 7.69. The summed E-state index contributed by atoms with van der Waals surface area (Å²) < 4.78 is 0. The number of rotatable bonds is 4. The van der Waals surface area contributed by atoms with Crippen LogP contribution in [0, 0.1) is 10.1 Å². The van der Waals surface area contributed by atoms with E-state index in [0.29, 0.717) is 17.9 Å². The molecule has 0 N–H and O–H groups in total. The minimum absolute atomic E-state index is 0.0221. The highest BCUT2D eigenvalue weighted by molar-refractivity contribution is 8.01. The van der Waals surface area contributed by atoms with Gasteiger partial charge in [-0.15, -0.1) is 11.8 Å². The molecule has 1 aromatic rings. The molecular formula is C19H23N3O4S. The van der Waals surface area contributed by atoms with Crippen molar-refractivity contribution in [1.29, 1.82) is 0 Å². The first-order valence-electron chi connectivity index (χ1n) is 9.44. The van der Waals surface area contributed by atoms with Gasteiger partial charge in [-0.2, -0.15) is 0 Å². The molecule has 27 heavy (non-hydrogen) atoms. The molecule has 0 radical (unpaired) electrons. The first kappa shape index (κ1) is 18.3. The zero-order chi connectivity index (χ0) is 19.2. The Balaban J connectivity index is 1.69. The van der Waals surface area contributed by atoms with Crippen molar-refractivity contribution in [2.24, 2.45) is 0 Å². The molecule has 3 aliphatic rings. The zero-order valence-electron chi connectivity index (χ0n) is 15.3. The van der Waals surface area contributed by atoms with Crippen molar-refractivity contribution < 1.29 is 14.5 Å². The molecule has 2 saturated heterocycles. The summed E-state index contributed by atoms with van der Waals surface area (Å²) in [5.74, 6) is 0.513. The molecule has 144 valence electrons. The third-order valence-corrected chi connectivity index (χ3v) is 7.48. The largest absolute Gasteiger partial charge is 0.315 e. The number of benzene rings is 1. The van der Waals surface area contributed by atoms with Crippen LogP contribution in [0.4, 0.5) is 11.4 Å². The molecule has 4 rings (SSSR count). The van der Waals surface area contributed by atoms with Crippen LogP contribution in [0.25, 0.3) is 0 Å². The van der Waals surface area contributed by atoms with E-state index in [1.54, 1.807) is 33.7 Å². The SMILES string of the molecule is C[C@@]12CCC(=O)N1[C@H](C(=O)N(c1cccc([N+](=O)[O-])c1)C1CCCC1)CS2. The van der Waals surface area contributed by atoms with E-state index in [9.17, 15) is 19.7 Å². The van der Waals surface area contributed by atoms with Crippen LogP contribution in [-0.4, -0.2) is 44.3 Å². The summed E-state index contributed by atoms with van der Waals surface area (Å²) in [4.78, 5) is 40.0. The number of nitro benzene ring substituents is 1. The van der Waals surface area contributed by atoms with Gasteiger partial charge in [0.2, 0.25) is 5.91 Å². The Morgan fingerprint density at radius 3 is 2.81 bits per heavy atom. The van der Waals surface area contributed by atoms with Crippen molar-refractivity contribution in [3.8, 4) is 0 Å². The topological polar surface area (TPSA) is 83.8 Å². The second kappa shape index (κ2) is 6.82. The number of non-ortho nitro benzene ring substituents is 1. The Morgan fingerprint density at radius 1 is 1.37 bits per heavy atom. The number of hydrogen-bond donors (Lipinski definition) is 0. The van der Waals surface area contributed by atoms with Gasteiger partial charge in [0.1, 0.15) is 6.04 Å². The molecule has 2 aliphatic heterocycles. The molecule has 1 saturated carbocycles. The molecule has 3 fully saturated rings. The molecule has 1 aliphatic carbocycles. The normalized spacial score (nSPS) is 27.8. The van der Waals surface area contributed by atoms with E-state index < -0.39 is 11.0 Å². The van der Waals surface area contributed by atoms with E-state index in [4.69, 9.17) is 0 Å². The van der Waals surface area contributed by atoms with Gasteiger partial charge in [0.15, 0.2) is 0 Å². The van der Waals surface area contributed by atoms with Crippen LogP contribution in [0.15, 0.2) is 24.3 Å². The van der Waals surface area contributed by atoms with Gasteiger partial charge in [0.25, 0.3) is 11.6 Å². The van der Waals surface area contributed by atoms with Crippen molar-refractivity contribution >= 4 is 35.0 Å². The smallest absolute Gasteiger partial charge is 0.271 e. The number of nitro groups is 1. The number of carbonyl (C=O) groups excluding carboxylic acids is 2. The van der Waals surface area contributed by atoms with Crippen molar-refractivity contribution in [3.05, 3.63) is 34.4 Å². The molecule has 1 aromatic carbocycles. The summed E-state index contributed by atoms with van der Waals surface area (Å²) in [5.41, 5.74) is 0.539. The number of anilines is 1. The van der Waals surface area contributed by atoms with E-state index in [1.165, 1.54) is 12.1 Å². The third kappa shape index (κ3) is 3.09. The maximum atomic E-state index is 13.6. The Bertz CT molecular complexity index is 795. The fourth-order valence-corrected chi connectivity index (χ4v) is 6.02. The van der Waals surface area contributed by atoms with Crippen molar-refractivity contribution in [3.63, 3.8) is 0 Å². The number of hydrogen-bond acceptors (Lipinski definition) is 5. The quantitative estimate of drug-likeness (QED) is 0.583. The Labute approximate surface area is 162 Å². The van der Waals surface area contributed by atoms with Crippen LogP contribution in [0.1, 0.15) is 45.4 Å². The Morgan fingerprint density at radius 2 is 2.11 bits per heavy atom. The van der Waals surface area contributed by atoms with Crippen LogP contribution >= 0.6 is 11.8 Å². The first-order chi connectivity index (χ1) is 12.9. The predicted molar refractivity (Wildman–Crippen MR) is 104 cm³/mol. The van der Waals surface area contributed by atoms with Crippen LogP contribution < -0.4 is 4.90 Å². The molecule has 0 bridgehead atoms. The average Bonchev–Trinajstić information content (AvgIpc) is 3.34. The molecular weight excluding hydrogens is 366 g/mol. The number of carbonyl (C=O) groups is 2. The fourth-order valence-electron chi connectivity index (χ4n) is 4.60. The third-order valence-electron chi connectivity index (χ3n) is 5.98. The van der Waals surface area contributed by atoms with Crippen LogP contribution in [0.5, 0.6) is 0 Å². The average molecular weight is 389 g/mol. The standard InChI is InChI=1S/C19H23N3O4S/c1-19-10-9-17(23)21(19)16(12-27-19)18(24)20(13-5-2-3-6-13)14-7-4-8-15(11-14)22(25)26/h4,7-8,11,13,16H,2-3,5-6,9-10,12H2,1H3/t16-,19+/m0/s1. The lowest BCUT2D eigenvalue weighted by Crippen LogP contribution is -2.53. The summed E-state index contributed by atoms with van der Waals surface area (Å²) in [6.07, 6.45) is 5.11. The van der Waals surface area contributed by atoms with Gasteiger partial charge in [-0.25, -0.2) is 0 Å². The molecule has 2 atom stereocenters. The maximum absolute atomic E-state index is 13.6. The minimum atomic E-state index is -0.491. The summed E-state index contributed by atoms with van der Waals surface area (Å²) >= 11 is 1.67. The highest BCUT2D eigenvalue weighted by Gasteiger charge is 2.54. The summed E-state index contributed by atoms with van der Waals surface area (Å²) in [5, 5.41) is 11.2. The maximum Gasteiger partial charge on any atom is 0.271 e. The lowest BCUT2D eigenvalue weighted by molar-refractivity contribution is -0.384. The lowest BCUT2D eigenvalue weighted by atomic mass is 10.1. The van der Waals surface area contributed by atoms with Gasteiger partial charge in [0, 0.05) is 30.3 Å². The van der Waals surface area contributed by atoms with Crippen LogP contribution in [-0.2, 0) is 9.59 Å². The zero-order valence-corrected chi connectivity index (χ0v) is 16.1. The van der Waals surface area contributed by atoms with Gasteiger partial charge >= 0.3 is 0 Å². The molecule has 2 heterocycles. The number of fused-ring (bicyclic) bond motifs is 1. The van der Waals surface area contributed by atoms with Gasteiger partial charge in [-0.3, -0.25) is 19.7 Å². The Hall–Kier alpha value is -2.09. The highest BCUT2D eigenvalue weighted by atomic mass is 32.2. The van der Waals surface area contributed by atoms with Crippen LogP contribution in [0.2, 0.25) is 0 Å².